The highest BCUT2D eigenvalue weighted by atomic mass is 32.1. The topological polar surface area (TPSA) is 75.4 Å². The van der Waals surface area contributed by atoms with Crippen molar-refractivity contribution in [3.63, 3.8) is 0 Å². The van der Waals surface area contributed by atoms with Gasteiger partial charge in [0.15, 0.2) is 5.82 Å². The number of anilines is 1. The summed E-state index contributed by atoms with van der Waals surface area (Å²) in [7, 11) is 1.63. The SMILES string of the molecule is CCCc1sc(C(=O)N(C)CC(=O)Nc2cc(C)on2)cc1CC. The average Bonchev–Trinajstić information content (AvgIpc) is 3.12. The molecule has 2 rings (SSSR count). The molecule has 2 aromatic heterocycles. The molecule has 7 heteroatoms. The molecule has 0 radical (unpaired) electrons. The molecule has 0 atom stereocenters. The van der Waals surface area contributed by atoms with Gasteiger partial charge in [-0.25, -0.2) is 0 Å². The fourth-order valence-corrected chi connectivity index (χ4v) is 3.74. The van der Waals surface area contributed by atoms with Gasteiger partial charge in [0.1, 0.15) is 5.76 Å². The molecule has 6 nitrogen and oxygen atoms in total. The molecule has 24 heavy (non-hydrogen) atoms. The average molecular weight is 349 g/mol. The molecule has 0 aliphatic carbocycles. The largest absolute Gasteiger partial charge is 0.360 e. The Labute approximate surface area is 145 Å². The number of carbonyl (C=O) groups is 2. The van der Waals surface area contributed by atoms with Crippen LogP contribution in [0.25, 0.3) is 0 Å². The fraction of sp³-hybridized carbons (Fsp3) is 0.471. The van der Waals surface area contributed by atoms with Crippen LogP contribution in [-0.2, 0) is 17.6 Å². The third-order valence-corrected chi connectivity index (χ3v) is 4.81. The second-order valence-corrected chi connectivity index (χ2v) is 6.83. The van der Waals surface area contributed by atoms with Crippen molar-refractivity contribution in [1.29, 1.82) is 0 Å². The van der Waals surface area contributed by atoms with Gasteiger partial charge in [0, 0.05) is 18.0 Å². The van der Waals surface area contributed by atoms with E-state index in [4.69, 9.17) is 4.52 Å². The Kier molecular flexibility index (Phi) is 6.14. The number of nitrogens with one attached hydrogen (secondary N) is 1. The van der Waals surface area contributed by atoms with E-state index in [0.717, 1.165) is 19.3 Å². The van der Waals surface area contributed by atoms with Gasteiger partial charge in [-0.2, -0.15) is 0 Å². The number of carbonyl (C=O) groups excluding carboxylic acids is 2. The summed E-state index contributed by atoms with van der Waals surface area (Å²) >= 11 is 1.53. The van der Waals surface area contributed by atoms with E-state index in [1.54, 1.807) is 20.0 Å². The summed E-state index contributed by atoms with van der Waals surface area (Å²) in [6.45, 7) is 5.93. The van der Waals surface area contributed by atoms with Gasteiger partial charge in [-0.05, 0) is 31.4 Å². The molecule has 0 aliphatic rings. The van der Waals surface area contributed by atoms with Crippen molar-refractivity contribution in [3.8, 4) is 0 Å². The van der Waals surface area contributed by atoms with Gasteiger partial charge in [0.25, 0.3) is 5.91 Å². The monoisotopic (exact) mass is 349 g/mol. The molecule has 2 amide bonds. The summed E-state index contributed by atoms with van der Waals surface area (Å²) < 4.78 is 4.89. The third kappa shape index (κ3) is 4.44. The molecule has 0 aromatic carbocycles. The molecule has 2 heterocycles. The molecule has 0 bridgehead atoms. The lowest BCUT2D eigenvalue weighted by Gasteiger charge is -2.15. The van der Waals surface area contributed by atoms with Crippen molar-refractivity contribution in [3.05, 3.63) is 33.2 Å². The Balaban J connectivity index is 1.99. The summed E-state index contributed by atoms with van der Waals surface area (Å²) in [5.74, 6) is 0.528. The van der Waals surface area contributed by atoms with Crippen LogP contribution in [0.5, 0.6) is 0 Å². The van der Waals surface area contributed by atoms with Gasteiger partial charge in [-0.1, -0.05) is 25.4 Å². The first-order valence-corrected chi connectivity index (χ1v) is 8.86. The van der Waals surface area contributed by atoms with Crippen LogP contribution in [0.2, 0.25) is 0 Å². The Hall–Kier alpha value is -2.15. The maximum absolute atomic E-state index is 12.5. The van der Waals surface area contributed by atoms with Crippen LogP contribution >= 0.6 is 11.3 Å². The van der Waals surface area contributed by atoms with E-state index in [-0.39, 0.29) is 18.4 Å². The van der Waals surface area contributed by atoms with Gasteiger partial charge in [0.2, 0.25) is 5.91 Å². The van der Waals surface area contributed by atoms with Crippen LogP contribution in [0, 0.1) is 6.92 Å². The smallest absolute Gasteiger partial charge is 0.264 e. The highest BCUT2D eigenvalue weighted by Crippen LogP contribution is 2.25. The van der Waals surface area contributed by atoms with E-state index in [1.807, 2.05) is 6.07 Å². The number of thiophene rings is 1. The van der Waals surface area contributed by atoms with Crippen LogP contribution in [-0.4, -0.2) is 35.5 Å². The lowest BCUT2D eigenvalue weighted by atomic mass is 10.1. The van der Waals surface area contributed by atoms with Crippen LogP contribution in [0.1, 0.15) is 46.1 Å². The van der Waals surface area contributed by atoms with E-state index in [1.165, 1.54) is 26.7 Å². The standard InChI is InChI=1S/C17H23N3O3S/c1-5-7-13-12(6-2)9-14(24-13)17(22)20(4)10-16(21)18-15-8-11(3)23-19-15/h8-9H,5-7,10H2,1-4H3,(H,18,19,21). The van der Waals surface area contributed by atoms with Crippen molar-refractivity contribution in [2.75, 3.05) is 18.9 Å². The predicted octanol–water partition coefficient (Wildman–Crippen LogP) is 3.27. The van der Waals surface area contributed by atoms with Gasteiger partial charge >= 0.3 is 0 Å². The van der Waals surface area contributed by atoms with Crippen molar-refractivity contribution in [2.45, 2.75) is 40.0 Å². The van der Waals surface area contributed by atoms with Gasteiger partial charge in [-0.3, -0.25) is 9.59 Å². The van der Waals surface area contributed by atoms with Gasteiger partial charge in [-0.15, -0.1) is 11.3 Å². The highest BCUT2D eigenvalue weighted by molar-refractivity contribution is 7.14. The Bertz CT molecular complexity index is 720. The minimum Gasteiger partial charge on any atom is -0.360 e. The summed E-state index contributed by atoms with van der Waals surface area (Å²) in [5.41, 5.74) is 1.22. The maximum Gasteiger partial charge on any atom is 0.264 e. The third-order valence-electron chi connectivity index (χ3n) is 3.59. The molecule has 130 valence electrons. The molecule has 0 unspecified atom stereocenters. The Morgan fingerprint density at radius 3 is 2.67 bits per heavy atom. The van der Waals surface area contributed by atoms with Crippen molar-refractivity contribution in [1.82, 2.24) is 10.1 Å². The summed E-state index contributed by atoms with van der Waals surface area (Å²) in [5, 5.41) is 6.32. The highest BCUT2D eigenvalue weighted by Gasteiger charge is 2.19. The predicted molar refractivity (Wildman–Crippen MR) is 94.5 cm³/mol. The first-order valence-electron chi connectivity index (χ1n) is 8.04. The molecule has 0 spiro atoms. The molecular weight excluding hydrogens is 326 g/mol. The normalized spacial score (nSPS) is 10.7. The van der Waals surface area contributed by atoms with E-state index >= 15 is 0 Å². The fourth-order valence-electron chi connectivity index (χ4n) is 2.39. The molecule has 2 aromatic rings. The number of likely N-dealkylation sites (N-methyl/N-ethyl adjacent to an activating group) is 1. The van der Waals surface area contributed by atoms with Gasteiger partial charge in [0.05, 0.1) is 11.4 Å². The van der Waals surface area contributed by atoms with Crippen LogP contribution < -0.4 is 5.32 Å². The van der Waals surface area contributed by atoms with E-state index < -0.39 is 0 Å². The summed E-state index contributed by atoms with van der Waals surface area (Å²) in [6.07, 6.45) is 2.95. The van der Waals surface area contributed by atoms with E-state index in [0.29, 0.717) is 16.5 Å². The molecular formula is C17H23N3O3S. The number of aromatic nitrogens is 1. The van der Waals surface area contributed by atoms with Gasteiger partial charge < -0.3 is 14.7 Å². The number of aryl methyl sites for hydroxylation is 3. The molecule has 0 saturated carbocycles. The maximum atomic E-state index is 12.5. The lowest BCUT2D eigenvalue weighted by Crippen LogP contribution is -2.34. The van der Waals surface area contributed by atoms with Crippen molar-refractivity contribution >= 4 is 29.0 Å². The quantitative estimate of drug-likeness (QED) is 0.832. The number of hydrogen-bond acceptors (Lipinski definition) is 5. The Morgan fingerprint density at radius 2 is 2.08 bits per heavy atom. The second kappa shape index (κ2) is 8.10. The molecule has 0 aliphatic heterocycles. The molecule has 0 fully saturated rings. The zero-order valence-corrected chi connectivity index (χ0v) is 15.3. The first-order chi connectivity index (χ1) is 11.4. The van der Waals surface area contributed by atoms with E-state index in [9.17, 15) is 9.59 Å². The first kappa shape index (κ1) is 18.2. The zero-order chi connectivity index (χ0) is 17.7. The molecule has 1 N–H and O–H groups in total. The van der Waals surface area contributed by atoms with Crippen molar-refractivity contribution < 1.29 is 14.1 Å². The minimum absolute atomic E-state index is 0.0345. The van der Waals surface area contributed by atoms with E-state index in [2.05, 4.69) is 24.3 Å². The van der Waals surface area contributed by atoms with Crippen LogP contribution in [0.15, 0.2) is 16.7 Å². The lowest BCUT2D eigenvalue weighted by molar-refractivity contribution is -0.116. The molecule has 0 saturated heterocycles. The minimum atomic E-state index is -0.305. The second-order valence-electron chi connectivity index (χ2n) is 5.69. The van der Waals surface area contributed by atoms with Crippen LogP contribution in [0.4, 0.5) is 5.82 Å². The Morgan fingerprint density at radius 1 is 1.33 bits per heavy atom. The summed E-state index contributed by atoms with van der Waals surface area (Å²) in [6, 6.07) is 3.58. The zero-order valence-electron chi connectivity index (χ0n) is 14.5. The number of nitrogens with zero attached hydrogens (tertiary/aromatic N) is 2. The van der Waals surface area contributed by atoms with Crippen molar-refractivity contribution in [2.24, 2.45) is 0 Å². The van der Waals surface area contributed by atoms with Crippen LogP contribution in [0.3, 0.4) is 0 Å². The number of rotatable bonds is 7. The number of hydrogen-bond donors (Lipinski definition) is 1. The number of amides is 2. The summed E-state index contributed by atoms with van der Waals surface area (Å²) in [4.78, 5) is 27.9.